The van der Waals surface area contributed by atoms with Crippen molar-refractivity contribution in [3.63, 3.8) is 0 Å². The summed E-state index contributed by atoms with van der Waals surface area (Å²) in [6.45, 7) is 6.69. The van der Waals surface area contributed by atoms with Crippen LogP contribution in [0.3, 0.4) is 0 Å². The largest absolute Gasteiger partial charge is 0.388 e. The minimum atomic E-state index is -0.529. The maximum atomic E-state index is 9.79. The summed E-state index contributed by atoms with van der Waals surface area (Å²) < 4.78 is 0. The van der Waals surface area contributed by atoms with Crippen molar-refractivity contribution in [2.75, 3.05) is 6.54 Å². The van der Waals surface area contributed by atoms with E-state index in [2.05, 4.69) is 26.1 Å². The molecule has 100 valence electrons. The van der Waals surface area contributed by atoms with Gasteiger partial charge in [0.2, 0.25) is 0 Å². The first-order valence-electron chi connectivity index (χ1n) is 5.84. The summed E-state index contributed by atoms with van der Waals surface area (Å²) in [6, 6.07) is 5.36. The number of aliphatic hydroxyl groups excluding tert-OH is 1. The highest BCUT2D eigenvalue weighted by Gasteiger charge is 2.10. The molecule has 2 nitrogen and oxygen atoms in total. The lowest BCUT2D eigenvalue weighted by molar-refractivity contribution is 0.205. The summed E-state index contributed by atoms with van der Waals surface area (Å²) in [4.78, 5) is 0. The van der Waals surface area contributed by atoms with Gasteiger partial charge < -0.3 is 10.4 Å². The van der Waals surface area contributed by atoms with Crippen LogP contribution in [0.5, 0.6) is 0 Å². The fourth-order valence-electron chi connectivity index (χ4n) is 1.32. The lowest BCUT2D eigenvalue weighted by atomic mass is 10.1. The number of halogens is 2. The highest BCUT2D eigenvalue weighted by Crippen LogP contribution is 2.23. The number of rotatable bonds is 4. The highest BCUT2D eigenvalue weighted by atomic mass is 35.5. The van der Waals surface area contributed by atoms with E-state index in [4.69, 9.17) is 23.2 Å². The Morgan fingerprint density at radius 1 is 1.28 bits per heavy atom. The summed E-state index contributed by atoms with van der Waals surface area (Å²) in [5.74, 6) is 0. The van der Waals surface area contributed by atoms with E-state index in [0.717, 1.165) is 5.56 Å². The SMILES string of the molecule is CC(C)(C)NCC(O)/C=C/c1ccc(Cl)c(Cl)c1. The molecule has 0 aromatic heterocycles. The molecule has 1 atom stereocenters. The molecular formula is C14H19Cl2NO. The average molecular weight is 288 g/mol. The van der Waals surface area contributed by atoms with Gasteiger partial charge in [-0.2, -0.15) is 0 Å². The van der Waals surface area contributed by atoms with E-state index < -0.39 is 6.10 Å². The first-order valence-corrected chi connectivity index (χ1v) is 6.60. The van der Waals surface area contributed by atoms with Gasteiger partial charge in [0.25, 0.3) is 0 Å². The molecule has 1 rings (SSSR count). The fourth-order valence-corrected chi connectivity index (χ4v) is 1.62. The predicted molar refractivity (Wildman–Crippen MR) is 79.3 cm³/mol. The first kappa shape index (κ1) is 15.5. The van der Waals surface area contributed by atoms with Gasteiger partial charge in [0, 0.05) is 12.1 Å². The van der Waals surface area contributed by atoms with E-state index in [0.29, 0.717) is 16.6 Å². The van der Waals surface area contributed by atoms with Crippen molar-refractivity contribution in [2.24, 2.45) is 0 Å². The third-order valence-electron chi connectivity index (χ3n) is 2.30. The average Bonchev–Trinajstić information content (AvgIpc) is 2.27. The van der Waals surface area contributed by atoms with Gasteiger partial charge in [0.15, 0.2) is 0 Å². The Bertz CT molecular complexity index is 424. The number of nitrogens with one attached hydrogen (secondary N) is 1. The van der Waals surface area contributed by atoms with Crippen molar-refractivity contribution in [3.8, 4) is 0 Å². The zero-order chi connectivity index (χ0) is 13.8. The third-order valence-corrected chi connectivity index (χ3v) is 3.04. The van der Waals surface area contributed by atoms with Gasteiger partial charge in [-0.1, -0.05) is 41.4 Å². The molecule has 2 N–H and O–H groups in total. The van der Waals surface area contributed by atoms with Crippen LogP contribution < -0.4 is 5.32 Å². The molecule has 0 saturated heterocycles. The molecule has 0 amide bonds. The first-order chi connectivity index (χ1) is 8.28. The molecular weight excluding hydrogens is 269 g/mol. The molecule has 0 aliphatic rings. The second-order valence-electron chi connectivity index (χ2n) is 5.23. The van der Waals surface area contributed by atoms with Crippen LogP contribution in [0.25, 0.3) is 6.08 Å². The van der Waals surface area contributed by atoms with E-state index in [1.165, 1.54) is 0 Å². The van der Waals surface area contributed by atoms with Crippen LogP contribution in [-0.4, -0.2) is 23.3 Å². The number of β-amino-alcohol motifs (C(OH)–C–C–N with tert-alkyl or cyclic N) is 1. The van der Waals surface area contributed by atoms with Gasteiger partial charge in [-0.25, -0.2) is 0 Å². The minimum absolute atomic E-state index is 0.00159. The Balaban J connectivity index is 2.55. The Kier molecular flexibility index (Phi) is 5.67. The molecule has 0 aliphatic carbocycles. The van der Waals surface area contributed by atoms with Crippen LogP contribution in [0.15, 0.2) is 24.3 Å². The second kappa shape index (κ2) is 6.58. The van der Waals surface area contributed by atoms with Crippen molar-refractivity contribution in [1.29, 1.82) is 0 Å². The van der Waals surface area contributed by atoms with E-state index in [1.807, 2.05) is 12.1 Å². The van der Waals surface area contributed by atoms with Crippen LogP contribution in [0.2, 0.25) is 10.0 Å². The molecule has 0 aliphatic heterocycles. The van der Waals surface area contributed by atoms with E-state index in [-0.39, 0.29) is 5.54 Å². The van der Waals surface area contributed by atoms with Gasteiger partial charge in [0.1, 0.15) is 0 Å². The second-order valence-corrected chi connectivity index (χ2v) is 6.05. The maximum Gasteiger partial charge on any atom is 0.0848 e. The summed E-state index contributed by atoms with van der Waals surface area (Å²) in [5, 5.41) is 14.1. The monoisotopic (exact) mass is 287 g/mol. The van der Waals surface area contributed by atoms with Crippen LogP contribution >= 0.6 is 23.2 Å². The fraction of sp³-hybridized carbons (Fsp3) is 0.429. The minimum Gasteiger partial charge on any atom is -0.388 e. The quantitative estimate of drug-likeness (QED) is 0.884. The van der Waals surface area contributed by atoms with Gasteiger partial charge in [0.05, 0.1) is 16.1 Å². The standard InChI is InChI=1S/C14H19Cl2NO/c1-14(2,3)17-9-11(18)6-4-10-5-7-12(15)13(16)8-10/h4-8,11,17-18H,9H2,1-3H3/b6-4+. The Labute approximate surface area is 119 Å². The molecule has 1 aromatic rings. The van der Waals surface area contributed by atoms with Crippen LogP contribution in [0.1, 0.15) is 26.3 Å². The maximum absolute atomic E-state index is 9.79. The highest BCUT2D eigenvalue weighted by molar-refractivity contribution is 6.42. The summed E-state index contributed by atoms with van der Waals surface area (Å²) in [5.41, 5.74) is 0.914. The van der Waals surface area contributed by atoms with Crippen LogP contribution in [0, 0.1) is 0 Å². The molecule has 18 heavy (non-hydrogen) atoms. The van der Waals surface area contributed by atoms with Gasteiger partial charge in [-0.05, 0) is 38.5 Å². The zero-order valence-corrected chi connectivity index (χ0v) is 12.4. The molecule has 4 heteroatoms. The number of aliphatic hydroxyl groups is 1. The smallest absolute Gasteiger partial charge is 0.0848 e. The van der Waals surface area contributed by atoms with Crippen molar-refractivity contribution in [1.82, 2.24) is 5.32 Å². The Morgan fingerprint density at radius 2 is 1.94 bits per heavy atom. The van der Waals surface area contributed by atoms with Gasteiger partial charge in [-0.3, -0.25) is 0 Å². The number of hydrogen-bond donors (Lipinski definition) is 2. The van der Waals surface area contributed by atoms with E-state index in [9.17, 15) is 5.11 Å². The third kappa shape index (κ3) is 5.87. The molecule has 0 bridgehead atoms. The zero-order valence-electron chi connectivity index (χ0n) is 10.9. The summed E-state index contributed by atoms with van der Waals surface area (Å²) in [6.07, 6.45) is 3.04. The molecule has 0 radical (unpaired) electrons. The van der Waals surface area contributed by atoms with Crippen molar-refractivity contribution >= 4 is 29.3 Å². The molecule has 0 spiro atoms. The summed E-state index contributed by atoms with van der Waals surface area (Å²) >= 11 is 11.7. The van der Waals surface area contributed by atoms with E-state index >= 15 is 0 Å². The number of benzene rings is 1. The lowest BCUT2D eigenvalue weighted by Crippen LogP contribution is -2.40. The van der Waals surface area contributed by atoms with Gasteiger partial charge >= 0.3 is 0 Å². The molecule has 0 heterocycles. The predicted octanol–water partition coefficient (Wildman–Crippen LogP) is 3.76. The normalized spacial score (nSPS) is 14.1. The molecule has 1 aromatic carbocycles. The molecule has 0 saturated carbocycles. The van der Waals surface area contributed by atoms with E-state index in [1.54, 1.807) is 18.2 Å². The van der Waals surface area contributed by atoms with Gasteiger partial charge in [-0.15, -0.1) is 0 Å². The van der Waals surface area contributed by atoms with Crippen molar-refractivity contribution in [3.05, 3.63) is 39.9 Å². The lowest BCUT2D eigenvalue weighted by Gasteiger charge is -2.21. The van der Waals surface area contributed by atoms with Crippen molar-refractivity contribution < 1.29 is 5.11 Å². The molecule has 1 unspecified atom stereocenters. The van der Waals surface area contributed by atoms with Crippen LogP contribution in [0.4, 0.5) is 0 Å². The topological polar surface area (TPSA) is 32.3 Å². The summed E-state index contributed by atoms with van der Waals surface area (Å²) in [7, 11) is 0. The Morgan fingerprint density at radius 3 is 2.50 bits per heavy atom. The van der Waals surface area contributed by atoms with Crippen LogP contribution in [-0.2, 0) is 0 Å². The van der Waals surface area contributed by atoms with Crippen molar-refractivity contribution in [2.45, 2.75) is 32.4 Å². The number of hydrogen-bond acceptors (Lipinski definition) is 2. The Hall–Kier alpha value is -0.540. The molecule has 0 fully saturated rings.